The molecule has 0 bridgehead atoms. The molecule has 0 aromatic heterocycles. The number of aliphatic hydroxyl groups is 1. The number of alkyl halides is 3. The van der Waals surface area contributed by atoms with E-state index >= 15 is 0 Å². The Morgan fingerprint density at radius 1 is 1.05 bits per heavy atom. The molecule has 0 heterocycles. The van der Waals surface area contributed by atoms with Gasteiger partial charge in [-0.3, -0.25) is 0 Å². The molecular formula is C15H12F4OS. The summed E-state index contributed by atoms with van der Waals surface area (Å²) >= 11 is 1.10. The molecule has 0 saturated heterocycles. The van der Waals surface area contributed by atoms with Crippen LogP contribution >= 0.6 is 11.8 Å². The molecule has 0 aliphatic carbocycles. The summed E-state index contributed by atoms with van der Waals surface area (Å²) in [5, 5.41) is 9.98. The van der Waals surface area contributed by atoms with Crippen LogP contribution < -0.4 is 0 Å². The number of thioether (sulfide) groups is 1. The topological polar surface area (TPSA) is 20.2 Å². The van der Waals surface area contributed by atoms with Crippen LogP contribution in [0.4, 0.5) is 17.6 Å². The molecule has 1 atom stereocenters. The normalized spacial score (nSPS) is 13.2. The van der Waals surface area contributed by atoms with Crippen LogP contribution in [0.15, 0.2) is 53.4 Å². The van der Waals surface area contributed by atoms with Gasteiger partial charge in [-0.05, 0) is 29.8 Å². The standard InChI is InChI=1S/C15H12F4OS/c16-10-4-3-5-11(8-10)21-9-14(20)12-6-1-2-7-13(12)15(17,18)19/h1-8,14,20H,9H2. The van der Waals surface area contributed by atoms with Crippen molar-refractivity contribution < 1.29 is 22.7 Å². The highest BCUT2D eigenvalue weighted by Gasteiger charge is 2.34. The predicted octanol–water partition coefficient (Wildman–Crippen LogP) is 4.67. The van der Waals surface area contributed by atoms with Crippen LogP contribution in [-0.4, -0.2) is 10.9 Å². The van der Waals surface area contributed by atoms with Crippen LogP contribution in [0.1, 0.15) is 17.2 Å². The van der Waals surface area contributed by atoms with Gasteiger partial charge >= 0.3 is 6.18 Å². The van der Waals surface area contributed by atoms with E-state index in [0.717, 1.165) is 17.8 Å². The first-order valence-corrected chi connectivity index (χ1v) is 7.09. The van der Waals surface area contributed by atoms with E-state index in [9.17, 15) is 22.7 Å². The average molecular weight is 316 g/mol. The molecule has 2 aromatic carbocycles. The van der Waals surface area contributed by atoms with Gasteiger partial charge in [0.25, 0.3) is 0 Å². The molecule has 0 fully saturated rings. The zero-order chi connectivity index (χ0) is 15.5. The van der Waals surface area contributed by atoms with Gasteiger partial charge in [-0.1, -0.05) is 24.3 Å². The molecule has 0 radical (unpaired) electrons. The highest BCUT2D eigenvalue weighted by atomic mass is 32.2. The Kier molecular flexibility index (Phi) is 4.90. The first-order valence-electron chi connectivity index (χ1n) is 6.10. The Balaban J connectivity index is 2.12. The van der Waals surface area contributed by atoms with Crippen LogP contribution in [0, 0.1) is 5.82 Å². The molecule has 2 aromatic rings. The van der Waals surface area contributed by atoms with Gasteiger partial charge in [-0.2, -0.15) is 13.2 Å². The molecule has 0 aliphatic rings. The fourth-order valence-electron chi connectivity index (χ4n) is 1.87. The summed E-state index contributed by atoms with van der Waals surface area (Å²) in [5.74, 6) is -0.415. The van der Waals surface area contributed by atoms with Gasteiger partial charge in [-0.15, -0.1) is 11.8 Å². The van der Waals surface area contributed by atoms with E-state index in [1.54, 1.807) is 6.07 Å². The lowest BCUT2D eigenvalue weighted by Crippen LogP contribution is -2.13. The molecule has 21 heavy (non-hydrogen) atoms. The summed E-state index contributed by atoms with van der Waals surface area (Å²) < 4.78 is 51.6. The largest absolute Gasteiger partial charge is 0.416 e. The van der Waals surface area contributed by atoms with E-state index in [4.69, 9.17) is 0 Å². The van der Waals surface area contributed by atoms with Crippen molar-refractivity contribution in [1.82, 2.24) is 0 Å². The van der Waals surface area contributed by atoms with Crippen molar-refractivity contribution in [3.63, 3.8) is 0 Å². The first-order chi connectivity index (χ1) is 9.88. The molecule has 112 valence electrons. The van der Waals surface area contributed by atoms with Gasteiger partial charge in [-0.25, -0.2) is 4.39 Å². The third kappa shape index (κ3) is 4.22. The molecule has 2 rings (SSSR count). The number of aliphatic hydroxyl groups excluding tert-OH is 1. The van der Waals surface area contributed by atoms with E-state index in [1.807, 2.05) is 0 Å². The van der Waals surface area contributed by atoms with Gasteiger partial charge < -0.3 is 5.11 Å². The van der Waals surface area contributed by atoms with E-state index in [2.05, 4.69) is 0 Å². The van der Waals surface area contributed by atoms with E-state index in [1.165, 1.54) is 36.4 Å². The molecule has 1 unspecified atom stereocenters. The SMILES string of the molecule is OC(CSc1cccc(F)c1)c1ccccc1C(F)(F)F. The minimum Gasteiger partial charge on any atom is -0.388 e. The summed E-state index contributed by atoms with van der Waals surface area (Å²) in [6.07, 6.45) is -5.79. The lowest BCUT2D eigenvalue weighted by Gasteiger charge is -2.17. The zero-order valence-corrected chi connectivity index (χ0v) is 11.6. The maximum Gasteiger partial charge on any atom is 0.416 e. The maximum absolute atomic E-state index is 13.0. The van der Waals surface area contributed by atoms with Crippen molar-refractivity contribution in [1.29, 1.82) is 0 Å². The van der Waals surface area contributed by atoms with Crippen LogP contribution in [-0.2, 0) is 6.18 Å². The van der Waals surface area contributed by atoms with Gasteiger partial charge in [0, 0.05) is 10.6 Å². The van der Waals surface area contributed by atoms with Crippen LogP contribution in [0.5, 0.6) is 0 Å². The Hall–Kier alpha value is -1.53. The van der Waals surface area contributed by atoms with Gasteiger partial charge in [0.1, 0.15) is 5.82 Å². The Bertz CT molecular complexity index is 613. The second kappa shape index (κ2) is 6.49. The van der Waals surface area contributed by atoms with Crippen molar-refractivity contribution in [3.05, 3.63) is 65.5 Å². The van der Waals surface area contributed by atoms with Crippen LogP contribution in [0.2, 0.25) is 0 Å². The third-order valence-corrected chi connectivity index (χ3v) is 3.90. The van der Waals surface area contributed by atoms with Crippen molar-refractivity contribution in [3.8, 4) is 0 Å². The highest BCUT2D eigenvalue weighted by molar-refractivity contribution is 7.99. The highest BCUT2D eigenvalue weighted by Crippen LogP contribution is 2.36. The second-order valence-corrected chi connectivity index (χ2v) is 5.46. The van der Waals surface area contributed by atoms with Gasteiger partial charge in [0.2, 0.25) is 0 Å². The Labute approximate surface area is 123 Å². The smallest absolute Gasteiger partial charge is 0.388 e. The molecule has 0 saturated carbocycles. The predicted molar refractivity (Wildman–Crippen MR) is 73.5 cm³/mol. The van der Waals surface area contributed by atoms with Crippen molar-refractivity contribution in [2.24, 2.45) is 0 Å². The minimum absolute atomic E-state index is 0.0105. The summed E-state index contributed by atoms with van der Waals surface area (Å²) in [6.45, 7) is 0. The molecule has 0 aliphatic heterocycles. The second-order valence-electron chi connectivity index (χ2n) is 4.37. The Morgan fingerprint density at radius 2 is 1.76 bits per heavy atom. The Morgan fingerprint density at radius 3 is 2.43 bits per heavy atom. The first kappa shape index (κ1) is 15.9. The van der Waals surface area contributed by atoms with Crippen LogP contribution in [0.3, 0.4) is 0 Å². The lowest BCUT2D eigenvalue weighted by atomic mass is 10.0. The monoisotopic (exact) mass is 316 g/mol. The molecule has 1 nitrogen and oxygen atoms in total. The van der Waals surface area contributed by atoms with Crippen molar-refractivity contribution in [2.45, 2.75) is 17.2 Å². The van der Waals surface area contributed by atoms with Crippen molar-refractivity contribution in [2.75, 3.05) is 5.75 Å². The summed E-state index contributed by atoms with van der Waals surface area (Å²) in [7, 11) is 0. The average Bonchev–Trinajstić information content (AvgIpc) is 2.44. The molecule has 6 heteroatoms. The van der Waals surface area contributed by atoms with Gasteiger partial charge in [0.05, 0.1) is 11.7 Å². The quantitative estimate of drug-likeness (QED) is 0.653. The fraction of sp³-hybridized carbons (Fsp3) is 0.200. The third-order valence-electron chi connectivity index (χ3n) is 2.83. The zero-order valence-electron chi connectivity index (χ0n) is 10.8. The number of hydrogen-bond acceptors (Lipinski definition) is 2. The lowest BCUT2D eigenvalue weighted by molar-refractivity contribution is -0.139. The molecular weight excluding hydrogens is 304 g/mol. The van der Waals surface area contributed by atoms with E-state index in [0.29, 0.717) is 4.90 Å². The number of halogens is 4. The van der Waals surface area contributed by atoms with E-state index < -0.39 is 23.7 Å². The molecule has 1 N–H and O–H groups in total. The molecule has 0 amide bonds. The summed E-state index contributed by atoms with van der Waals surface area (Å²) in [4.78, 5) is 0.554. The number of benzene rings is 2. The fourth-order valence-corrected chi connectivity index (χ4v) is 2.77. The number of rotatable bonds is 4. The van der Waals surface area contributed by atoms with E-state index in [-0.39, 0.29) is 11.3 Å². The minimum atomic E-state index is -4.51. The molecule has 0 spiro atoms. The summed E-state index contributed by atoms with van der Waals surface area (Å²) in [6, 6.07) is 10.6. The number of hydrogen-bond donors (Lipinski definition) is 1. The maximum atomic E-state index is 13.0. The van der Waals surface area contributed by atoms with Crippen LogP contribution in [0.25, 0.3) is 0 Å². The van der Waals surface area contributed by atoms with Crippen molar-refractivity contribution >= 4 is 11.8 Å². The summed E-state index contributed by atoms with van der Waals surface area (Å²) in [5.41, 5.74) is -1.02. The van der Waals surface area contributed by atoms with Gasteiger partial charge in [0.15, 0.2) is 0 Å².